The summed E-state index contributed by atoms with van der Waals surface area (Å²) in [7, 11) is 0. The highest BCUT2D eigenvalue weighted by Crippen LogP contribution is 2.39. The van der Waals surface area contributed by atoms with Gasteiger partial charge in [0.25, 0.3) is 0 Å². The standard InChI is InChI=1S/C12H24N2O/c1-3-11-8-15-10(2)7-14(11)12(9-13)5-4-6-12/h10-11H,3-9,13H2,1-2H3. The van der Waals surface area contributed by atoms with Crippen molar-refractivity contribution in [2.24, 2.45) is 5.73 Å². The third-order valence-corrected chi connectivity index (χ3v) is 4.21. The third kappa shape index (κ3) is 1.93. The van der Waals surface area contributed by atoms with Gasteiger partial charge in [-0.15, -0.1) is 0 Å². The van der Waals surface area contributed by atoms with E-state index >= 15 is 0 Å². The summed E-state index contributed by atoms with van der Waals surface area (Å²) < 4.78 is 5.74. The van der Waals surface area contributed by atoms with Crippen molar-refractivity contribution in [2.75, 3.05) is 19.7 Å². The summed E-state index contributed by atoms with van der Waals surface area (Å²) in [6, 6.07) is 0.588. The predicted molar refractivity (Wildman–Crippen MR) is 61.8 cm³/mol. The number of nitrogens with zero attached hydrogens (tertiary/aromatic N) is 1. The molecule has 0 aromatic rings. The molecule has 2 aliphatic rings. The molecule has 1 heterocycles. The van der Waals surface area contributed by atoms with Gasteiger partial charge in [0.2, 0.25) is 0 Å². The summed E-state index contributed by atoms with van der Waals surface area (Å²) in [4.78, 5) is 2.64. The van der Waals surface area contributed by atoms with Gasteiger partial charge in [0.15, 0.2) is 0 Å². The van der Waals surface area contributed by atoms with E-state index in [1.165, 1.54) is 25.7 Å². The molecule has 1 saturated carbocycles. The first kappa shape index (κ1) is 11.4. The first-order chi connectivity index (χ1) is 7.22. The molecule has 3 nitrogen and oxygen atoms in total. The molecule has 1 aliphatic carbocycles. The van der Waals surface area contributed by atoms with Crippen LogP contribution in [0.25, 0.3) is 0 Å². The molecule has 1 aliphatic heterocycles. The fourth-order valence-electron chi connectivity index (χ4n) is 2.96. The molecular weight excluding hydrogens is 188 g/mol. The molecular formula is C12H24N2O. The van der Waals surface area contributed by atoms with Gasteiger partial charge in [0.1, 0.15) is 0 Å². The summed E-state index contributed by atoms with van der Waals surface area (Å²) in [6.07, 6.45) is 5.46. The quantitative estimate of drug-likeness (QED) is 0.768. The molecule has 0 aromatic carbocycles. The Morgan fingerprint density at radius 1 is 1.47 bits per heavy atom. The average Bonchev–Trinajstić information content (AvgIpc) is 2.17. The van der Waals surface area contributed by atoms with Gasteiger partial charge in [0.05, 0.1) is 12.7 Å². The van der Waals surface area contributed by atoms with E-state index in [2.05, 4.69) is 18.7 Å². The van der Waals surface area contributed by atoms with Crippen molar-refractivity contribution in [1.82, 2.24) is 4.90 Å². The highest BCUT2D eigenvalue weighted by molar-refractivity contribution is 5.02. The van der Waals surface area contributed by atoms with Crippen LogP contribution in [-0.2, 0) is 4.74 Å². The van der Waals surface area contributed by atoms with Crippen molar-refractivity contribution in [2.45, 2.75) is 57.2 Å². The van der Waals surface area contributed by atoms with Gasteiger partial charge in [-0.05, 0) is 32.6 Å². The lowest BCUT2D eigenvalue weighted by Gasteiger charge is -2.55. The van der Waals surface area contributed by atoms with E-state index in [4.69, 9.17) is 10.5 Å². The van der Waals surface area contributed by atoms with E-state index in [0.29, 0.717) is 17.7 Å². The molecule has 2 atom stereocenters. The van der Waals surface area contributed by atoms with E-state index in [9.17, 15) is 0 Å². The van der Waals surface area contributed by atoms with Crippen LogP contribution < -0.4 is 5.73 Å². The molecule has 2 rings (SSSR count). The molecule has 2 N–H and O–H groups in total. The van der Waals surface area contributed by atoms with Gasteiger partial charge in [-0.3, -0.25) is 4.90 Å². The van der Waals surface area contributed by atoms with Gasteiger partial charge < -0.3 is 10.5 Å². The average molecular weight is 212 g/mol. The van der Waals surface area contributed by atoms with Crippen LogP contribution in [0.3, 0.4) is 0 Å². The highest BCUT2D eigenvalue weighted by atomic mass is 16.5. The maximum absolute atomic E-state index is 5.98. The fraction of sp³-hybridized carbons (Fsp3) is 1.00. The molecule has 2 fully saturated rings. The molecule has 3 heteroatoms. The topological polar surface area (TPSA) is 38.5 Å². The molecule has 0 bridgehead atoms. The van der Waals surface area contributed by atoms with Gasteiger partial charge in [0, 0.05) is 24.7 Å². The van der Waals surface area contributed by atoms with Crippen LogP contribution >= 0.6 is 0 Å². The van der Waals surface area contributed by atoms with Crippen LogP contribution in [0.5, 0.6) is 0 Å². The summed E-state index contributed by atoms with van der Waals surface area (Å²) in [6.45, 7) is 7.19. The van der Waals surface area contributed by atoms with Crippen LogP contribution in [0, 0.1) is 0 Å². The van der Waals surface area contributed by atoms with Crippen molar-refractivity contribution in [1.29, 1.82) is 0 Å². The molecule has 0 spiro atoms. The van der Waals surface area contributed by atoms with Crippen molar-refractivity contribution >= 4 is 0 Å². The van der Waals surface area contributed by atoms with Crippen LogP contribution in [0.1, 0.15) is 39.5 Å². The second-order valence-corrected chi connectivity index (χ2v) is 5.14. The Bertz CT molecular complexity index is 210. The Balaban J connectivity index is 2.08. The maximum Gasteiger partial charge on any atom is 0.0675 e. The zero-order valence-electron chi connectivity index (χ0n) is 10.0. The molecule has 15 heavy (non-hydrogen) atoms. The second kappa shape index (κ2) is 4.40. The maximum atomic E-state index is 5.98. The zero-order chi connectivity index (χ0) is 10.9. The third-order valence-electron chi connectivity index (χ3n) is 4.21. The summed E-state index contributed by atoms with van der Waals surface area (Å²) in [5, 5.41) is 0. The van der Waals surface area contributed by atoms with E-state index in [-0.39, 0.29) is 0 Å². The molecule has 88 valence electrons. The number of morpholine rings is 1. The lowest BCUT2D eigenvalue weighted by Crippen LogP contribution is -2.65. The number of ether oxygens (including phenoxy) is 1. The first-order valence-corrected chi connectivity index (χ1v) is 6.30. The molecule has 2 unspecified atom stereocenters. The lowest BCUT2D eigenvalue weighted by molar-refractivity contribution is -0.119. The molecule has 0 aromatic heterocycles. The molecule has 1 saturated heterocycles. The monoisotopic (exact) mass is 212 g/mol. The SMILES string of the molecule is CCC1COC(C)CN1C1(CN)CCC1. The summed E-state index contributed by atoms with van der Waals surface area (Å²) in [5.74, 6) is 0. The van der Waals surface area contributed by atoms with Gasteiger partial charge in [-0.2, -0.15) is 0 Å². The predicted octanol–water partition coefficient (Wildman–Crippen LogP) is 1.37. The van der Waals surface area contributed by atoms with Crippen molar-refractivity contribution < 1.29 is 4.74 Å². The summed E-state index contributed by atoms with van der Waals surface area (Å²) in [5.41, 5.74) is 6.30. The number of hydrogen-bond acceptors (Lipinski definition) is 3. The smallest absolute Gasteiger partial charge is 0.0675 e. The highest BCUT2D eigenvalue weighted by Gasteiger charge is 2.45. The van der Waals surface area contributed by atoms with Gasteiger partial charge in [-0.1, -0.05) is 6.92 Å². The van der Waals surface area contributed by atoms with E-state index < -0.39 is 0 Å². The first-order valence-electron chi connectivity index (χ1n) is 6.30. The van der Waals surface area contributed by atoms with Crippen LogP contribution in [0.2, 0.25) is 0 Å². The van der Waals surface area contributed by atoms with E-state index in [1.54, 1.807) is 0 Å². The minimum atomic E-state index is 0.318. The lowest BCUT2D eigenvalue weighted by atomic mass is 9.74. The van der Waals surface area contributed by atoms with Crippen LogP contribution in [0.15, 0.2) is 0 Å². The number of nitrogens with two attached hydrogens (primary N) is 1. The minimum absolute atomic E-state index is 0.318. The van der Waals surface area contributed by atoms with E-state index in [1.807, 2.05) is 0 Å². The number of hydrogen-bond donors (Lipinski definition) is 1. The Morgan fingerprint density at radius 2 is 2.20 bits per heavy atom. The van der Waals surface area contributed by atoms with E-state index in [0.717, 1.165) is 19.7 Å². The Kier molecular flexibility index (Phi) is 3.33. The minimum Gasteiger partial charge on any atom is -0.376 e. The molecule has 0 amide bonds. The van der Waals surface area contributed by atoms with Gasteiger partial charge >= 0.3 is 0 Å². The second-order valence-electron chi connectivity index (χ2n) is 5.14. The Morgan fingerprint density at radius 3 is 2.67 bits per heavy atom. The zero-order valence-corrected chi connectivity index (χ0v) is 10.0. The molecule has 0 radical (unpaired) electrons. The Labute approximate surface area is 93.0 Å². The van der Waals surface area contributed by atoms with Gasteiger partial charge in [-0.25, -0.2) is 0 Å². The van der Waals surface area contributed by atoms with Crippen molar-refractivity contribution in [3.8, 4) is 0 Å². The van der Waals surface area contributed by atoms with Crippen molar-refractivity contribution in [3.63, 3.8) is 0 Å². The van der Waals surface area contributed by atoms with Crippen molar-refractivity contribution in [3.05, 3.63) is 0 Å². The van der Waals surface area contributed by atoms with Crippen LogP contribution in [-0.4, -0.2) is 42.3 Å². The van der Waals surface area contributed by atoms with Crippen LogP contribution in [0.4, 0.5) is 0 Å². The fourth-order valence-corrected chi connectivity index (χ4v) is 2.96. The largest absolute Gasteiger partial charge is 0.376 e. The normalized spacial score (nSPS) is 36.2. The summed E-state index contributed by atoms with van der Waals surface area (Å²) >= 11 is 0. The Hall–Kier alpha value is -0.120. The number of rotatable bonds is 3.